The van der Waals surface area contributed by atoms with E-state index in [-0.39, 0.29) is 23.1 Å². The number of fused-ring (bicyclic) bond motifs is 1. The molecule has 0 saturated carbocycles. The number of carbonyl (C=O) groups excluding carboxylic acids is 1. The van der Waals surface area contributed by atoms with Gasteiger partial charge in [-0.15, -0.1) is 0 Å². The van der Waals surface area contributed by atoms with Gasteiger partial charge in [-0.05, 0) is 54.7 Å². The van der Waals surface area contributed by atoms with Crippen LogP contribution in [0.15, 0.2) is 30.3 Å². The topological polar surface area (TPSA) is 58.6 Å². The molecule has 0 aliphatic heterocycles. The molecule has 1 aliphatic rings. The van der Waals surface area contributed by atoms with Gasteiger partial charge in [-0.3, -0.25) is 5.32 Å². The molecule has 4 nitrogen and oxygen atoms in total. The number of rotatable bonds is 3. The minimum absolute atomic E-state index is 0.0129. The number of anilines is 1. The maximum absolute atomic E-state index is 12.9. The highest BCUT2D eigenvalue weighted by Gasteiger charge is 2.35. The lowest BCUT2D eigenvalue weighted by molar-refractivity contribution is 0.0595. The van der Waals surface area contributed by atoms with E-state index in [1.54, 1.807) is 13.0 Å². The van der Waals surface area contributed by atoms with Crippen LogP contribution in [0.1, 0.15) is 30.0 Å². The molecule has 1 aliphatic carbocycles. The van der Waals surface area contributed by atoms with E-state index < -0.39 is 11.7 Å². The molecule has 0 saturated heterocycles. The van der Waals surface area contributed by atoms with E-state index >= 15 is 0 Å². The van der Waals surface area contributed by atoms with Gasteiger partial charge in [0, 0.05) is 0 Å². The predicted octanol–water partition coefficient (Wildman–Crippen LogP) is 5.03. The van der Waals surface area contributed by atoms with E-state index in [9.17, 15) is 14.3 Å². The maximum Gasteiger partial charge on any atom is 0.412 e. The van der Waals surface area contributed by atoms with Gasteiger partial charge < -0.3 is 9.84 Å². The molecule has 2 aromatic rings. The van der Waals surface area contributed by atoms with Crippen molar-refractivity contribution in [2.75, 3.05) is 5.32 Å². The minimum atomic E-state index is -0.982. The first-order valence-electron chi connectivity index (χ1n) is 7.70. The highest BCUT2D eigenvalue weighted by atomic mass is 35.5. The van der Waals surface area contributed by atoms with Crippen molar-refractivity contribution in [1.29, 1.82) is 0 Å². The first kappa shape index (κ1) is 18.0. The molecule has 0 bridgehead atoms. The van der Waals surface area contributed by atoms with Gasteiger partial charge in [0.15, 0.2) is 0 Å². The lowest BCUT2D eigenvalue weighted by Crippen LogP contribution is -2.17. The fourth-order valence-electron chi connectivity index (χ4n) is 2.87. The molecule has 132 valence electrons. The zero-order valence-corrected chi connectivity index (χ0v) is 14.9. The Labute approximate surface area is 154 Å². The normalized spacial score (nSPS) is 18.8. The van der Waals surface area contributed by atoms with Gasteiger partial charge in [0.05, 0.1) is 21.3 Å². The molecule has 1 unspecified atom stereocenters. The van der Waals surface area contributed by atoms with Crippen LogP contribution in [0.2, 0.25) is 10.0 Å². The Kier molecular flexibility index (Phi) is 4.91. The quantitative estimate of drug-likeness (QED) is 0.780. The fraction of sp³-hybridized carbons (Fsp3) is 0.278. The molecule has 0 aromatic heterocycles. The first-order valence-corrected chi connectivity index (χ1v) is 8.45. The molecule has 0 heterocycles. The number of ether oxygens (including phenoxy) is 1. The van der Waals surface area contributed by atoms with Crippen LogP contribution >= 0.6 is 23.2 Å². The summed E-state index contributed by atoms with van der Waals surface area (Å²) < 4.78 is 18.0. The Bertz CT molecular complexity index is 822. The summed E-state index contributed by atoms with van der Waals surface area (Å²) in [5, 5.41) is 13.4. The molecule has 1 atom stereocenters. The Balaban J connectivity index is 1.72. The number of benzene rings is 2. The van der Waals surface area contributed by atoms with Crippen LogP contribution in [0, 0.1) is 5.82 Å². The van der Waals surface area contributed by atoms with E-state index in [4.69, 9.17) is 27.9 Å². The third-order valence-electron chi connectivity index (χ3n) is 4.27. The number of carbonyl (C=O) groups is 1. The molecule has 7 heteroatoms. The monoisotopic (exact) mass is 383 g/mol. The summed E-state index contributed by atoms with van der Waals surface area (Å²) in [6, 6.07) is 7.25. The highest BCUT2D eigenvalue weighted by molar-refractivity contribution is 6.40. The van der Waals surface area contributed by atoms with Gasteiger partial charge in [-0.1, -0.05) is 35.3 Å². The van der Waals surface area contributed by atoms with Crippen molar-refractivity contribution in [1.82, 2.24) is 0 Å². The van der Waals surface area contributed by atoms with Gasteiger partial charge in [-0.2, -0.15) is 0 Å². The Hall–Kier alpha value is -1.82. The molecular weight excluding hydrogens is 368 g/mol. The van der Waals surface area contributed by atoms with Crippen LogP contribution in [0.25, 0.3) is 0 Å². The third kappa shape index (κ3) is 3.73. The molecule has 1 amide bonds. The zero-order chi connectivity index (χ0) is 18.2. The number of hydrogen-bond donors (Lipinski definition) is 2. The lowest BCUT2D eigenvalue weighted by atomic mass is 9.98. The summed E-state index contributed by atoms with van der Waals surface area (Å²) in [6.45, 7) is 1.69. The summed E-state index contributed by atoms with van der Waals surface area (Å²) in [4.78, 5) is 12.0. The van der Waals surface area contributed by atoms with Crippen molar-refractivity contribution in [3.8, 4) is 0 Å². The standard InChI is InChI=1S/C18H16Cl2FNO3/c1-18(24)7-6-12-13(18)8-14(19)16(15(12)20)22-17(23)25-9-10-2-4-11(21)5-3-10/h2-5,8,24H,6-7,9H2,1H3,(H,22,23). The molecule has 2 aromatic carbocycles. The summed E-state index contributed by atoms with van der Waals surface area (Å²) >= 11 is 12.6. The summed E-state index contributed by atoms with van der Waals surface area (Å²) in [7, 11) is 0. The van der Waals surface area contributed by atoms with Gasteiger partial charge in [0.25, 0.3) is 0 Å². The van der Waals surface area contributed by atoms with Gasteiger partial charge in [-0.25, -0.2) is 9.18 Å². The van der Waals surface area contributed by atoms with Crippen molar-refractivity contribution in [3.05, 3.63) is 62.9 Å². The van der Waals surface area contributed by atoms with E-state index in [0.29, 0.717) is 29.0 Å². The van der Waals surface area contributed by atoms with Gasteiger partial charge in [0.1, 0.15) is 12.4 Å². The average Bonchev–Trinajstić information content (AvgIpc) is 2.86. The van der Waals surface area contributed by atoms with Crippen molar-refractivity contribution >= 4 is 35.0 Å². The molecule has 25 heavy (non-hydrogen) atoms. The zero-order valence-electron chi connectivity index (χ0n) is 13.4. The van der Waals surface area contributed by atoms with Crippen molar-refractivity contribution < 1.29 is 19.0 Å². The smallest absolute Gasteiger partial charge is 0.412 e. The Morgan fingerprint density at radius 1 is 1.36 bits per heavy atom. The number of nitrogens with one attached hydrogen (secondary N) is 1. The van der Waals surface area contributed by atoms with Crippen LogP contribution in [0.4, 0.5) is 14.9 Å². The van der Waals surface area contributed by atoms with E-state index in [0.717, 1.165) is 5.56 Å². The fourth-order valence-corrected chi connectivity index (χ4v) is 3.51. The number of aliphatic hydroxyl groups is 1. The molecule has 3 rings (SSSR count). The number of hydrogen-bond acceptors (Lipinski definition) is 3. The second kappa shape index (κ2) is 6.83. The molecular formula is C18H16Cl2FNO3. The molecule has 0 radical (unpaired) electrons. The van der Waals surface area contributed by atoms with Crippen LogP contribution < -0.4 is 5.32 Å². The van der Waals surface area contributed by atoms with Crippen LogP contribution in [-0.4, -0.2) is 11.2 Å². The Morgan fingerprint density at radius 3 is 2.72 bits per heavy atom. The van der Waals surface area contributed by atoms with Crippen LogP contribution in [-0.2, 0) is 23.4 Å². The molecule has 2 N–H and O–H groups in total. The summed E-state index contributed by atoms with van der Waals surface area (Å²) in [6.07, 6.45) is 0.409. The first-order chi connectivity index (χ1) is 11.8. The van der Waals surface area contributed by atoms with Crippen LogP contribution in [0.5, 0.6) is 0 Å². The largest absolute Gasteiger partial charge is 0.444 e. The van der Waals surface area contributed by atoms with Crippen molar-refractivity contribution in [2.45, 2.75) is 32.0 Å². The molecule has 0 fully saturated rings. The van der Waals surface area contributed by atoms with Gasteiger partial charge in [0.2, 0.25) is 0 Å². The average molecular weight is 384 g/mol. The van der Waals surface area contributed by atoms with Crippen molar-refractivity contribution in [2.24, 2.45) is 0 Å². The van der Waals surface area contributed by atoms with Gasteiger partial charge >= 0.3 is 6.09 Å². The van der Waals surface area contributed by atoms with E-state index in [1.807, 2.05) is 0 Å². The minimum Gasteiger partial charge on any atom is -0.444 e. The predicted molar refractivity (Wildman–Crippen MR) is 94.6 cm³/mol. The summed E-state index contributed by atoms with van der Waals surface area (Å²) in [5.74, 6) is -0.360. The Morgan fingerprint density at radius 2 is 2.04 bits per heavy atom. The van der Waals surface area contributed by atoms with Crippen molar-refractivity contribution in [3.63, 3.8) is 0 Å². The van der Waals surface area contributed by atoms with E-state index in [2.05, 4.69) is 5.32 Å². The maximum atomic E-state index is 12.9. The second-order valence-electron chi connectivity index (χ2n) is 6.17. The number of amides is 1. The highest BCUT2D eigenvalue weighted by Crippen LogP contribution is 2.45. The molecule has 0 spiro atoms. The summed E-state index contributed by atoms with van der Waals surface area (Å²) in [5.41, 5.74) is 1.37. The van der Waals surface area contributed by atoms with Crippen LogP contribution in [0.3, 0.4) is 0 Å². The third-order valence-corrected chi connectivity index (χ3v) is 4.99. The second-order valence-corrected chi connectivity index (χ2v) is 6.96. The lowest BCUT2D eigenvalue weighted by Gasteiger charge is -2.19. The number of halogens is 3. The SMILES string of the molecule is CC1(O)CCc2c1cc(Cl)c(NC(=O)OCc1ccc(F)cc1)c2Cl. The van der Waals surface area contributed by atoms with E-state index in [1.165, 1.54) is 24.3 Å².